The van der Waals surface area contributed by atoms with Crippen molar-refractivity contribution in [2.75, 3.05) is 55.7 Å². The highest BCUT2D eigenvalue weighted by Gasteiger charge is 2.34. The summed E-state index contributed by atoms with van der Waals surface area (Å²) < 4.78 is 23.5. The minimum absolute atomic E-state index is 0.0175. The Morgan fingerprint density at radius 1 is 1.11 bits per heavy atom. The van der Waals surface area contributed by atoms with Crippen molar-refractivity contribution >= 4 is 27.2 Å². The molecule has 0 aliphatic carbocycles. The zero-order chi connectivity index (χ0) is 20.3. The van der Waals surface area contributed by atoms with Crippen molar-refractivity contribution in [3.8, 4) is 0 Å². The summed E-state index contributed by atoms with van der Waals surface area (Å²) in [5.74, 6) is 0.355. The van der Waals surface area contributed by atoms with Crippen LogP contribution in [-0.4, -0.2) is 86.7 Å². The molecule has 0 saturated carbocycles. The summed E-state index contributed by atoms with van der Waals surface area (Å²) in [4.78, 5) is 30.3. The highest BCUT2D eigenvalue weighted by atomic mass is 32.2. The van der Waals surface area contributed by atoms with E-state index in [0.29, 0.717) is 25.1 Å². The first-order valence-electron chi connectivity index (χ1n) is 9.87. The molecule has 0 radical (unpaired) electrons. The fourth-order valence-electron chi connectivity index (χ4n) is 4.01. The first kappa shape index (κ1) is 20.8. The number of Topliss-reactive ketones (excluding diaryl/α,β-unsaturated/α-hetero) is 1. The maximum atomic E-state index is 12.7. The van der Waals surface area contributed by atoms with E-state index >= 15 is 0 Å². The SMILES string of the molecule is CCN(C(=O)CN1CCN(c2ccc(C(C)=O)cc2)CC1)[C@H]1CCS(=O)(=O)C1. The molecule has 2 aliphatic rings. The van der Waals surface area contributed by atoms with Gasteiger partial charge >= 0.3 is 0 Å². The van der Waals surface area contributed by atoms with Gasteiger partial charge in [-0.15, -0.1) is 0 Å². The normalized spacial score (nSPS) is 22.2. The molecule has 0 bridgehead atoms. The fraction of sp³-hybridized carbons (Fsp3) is 0.600. The van der Waals surface area contributed by atoms with Gasteiger partial charge in [0.1, 0.15) is 0 Å². The number of carbonyl (C=O) groups is 2. The topological polar surface area (TPSA) is 78.0 Å². The summed E-state index contributed by atoms with van der Waals surface area (Å²) in [7, 11) is -3.00. The van der Waals surface area contributed by atoms with Crippen molar-refractivity contribution in [2.45, 2.75) is 26.3 Å². The Bertz CT molecular complexity index is 814. The Morgan fingerprint density at radius 3 is 2.25 bits per heavy atom. The number of carbonyl (C=O) groups excluding carboxylic acids is 2. The number of likely N-dealkylation sites (N-methyl/N-ethyl adjacent to an activating group) is 1. The van der Waals surface area contributed by atoms with Crippen LogP contribution >= 0.6 is 0 Å². The van der Waals surface area contributed by atoms with E-state index in [0.717, 1.165) is 31.9 Å². The Kier molecular flexibility index (Phi) is 6.40. The standard InChI is InChI=1S/C20H29N3O4S/c1-3-23(19-8-13-28(26,27)15-19)20(25)14-21-9-11-22(12-10-21)18-6-4-17(5-7-18)16(2)24/h4-7,19H,3,8-15H2,1-2H3/t19-/m0/s1. The second-order valence-corrected chi connectivity index (χ2v) is 9.83. The summed E-state index contributed by atoms with van der Waals surface area (Å²) in [6.07, 6.45) is 0.548. The molecule has 3 rings (SSSR count). The van der Waals surface area contributed by atoms with Crippen molar-refractivity contribution < 1.29 is 18.0 Å². The number of ketones is 1. The number of hydrogen-bond acceptors (Lipinski definition) is 6. The molecular formula is C20H29N3O4S. The molecule has 7 nitrogen and oxygen atoms in total. The summed E-state index contributed by atoms with van der Waals surface area (Å²) in [6, 6.07) is 7.46. The smallest absolute Gasteiger partial charge is 0.237 e. The Morgan fingerprint density at radius 2 is 1.75 bits per heavy atom. The number of rotatable bonds is 6. The van der Waals surface area contributed by atoms with E-state index in [2.05, 4.69) is 9.80 Å². The molecule has 2 heterocycles. The van der Waals surface area contributed by atoms with Gasteiger partial charge in [0.05, 0.1) is 18.1 Å². The minimum Gasteiger partial charge on any atom is -0.369 e. The van der Waals surface area contributed by atoms with E-state index in [1.807, 2.05) is 31.2 Å². The van der Waals surface area contributed by atoms with Crippen LogP contribution in [0.3, 0.4) is 0 Å². The maximum absolute atomic E-state index is 12.7. The fourth-order valence-corrected chi connectivity index (χ4v) is 5.74. The lowest BCUT2D eigenvalue weighted by atomic mass is 10.1. The molecule has 8 heteroatoms. The van der Waals surface area contributed by atoms with Crippen molar-refractivity contribution in [3.05, 3.63) is 29.8 Å². The van der Waals surface area contributed by atoms with Crippen molar-refractivity contribution in [3.63, 3.8) is 0 Å². The highest BCUT2D eigenvalue weighted by molar-refractivity contribution is 7.91. The molecule has 1 amide bonds. The number of amides is 1. The van der Waals surface area contributed by atoms with Crippen LogP contribution in [0.4, 0.5) is 5.69 Å². The van der Waals surface area contributed by atoms with Crippen LogP contribution in [0.1, 0.15) is 30.6 Å². The van der Waals surface area contributed by atoms with E-state index in [1.54, 1.807) is 11.8 Å². The van der Waals surface area contributed by atoms with Gasteiger partial charge < -0.3 is 9.80 Å². The molecule has 1 atom stereocenters. The first-order valence-corrected chi connectivity index (χ1v) is 11.7. The van der Waals surface area contributed by atoms with Gasteiger partial charge in [-0.3, -0.25) is 14.5 Å². The van der Waals surface area contributed by atoms with Gasteiger partial charge in [0.25, 0.3) is 0 Å². The average Bonchev–Trinajstić information content (AvgIpc) is 3.02. The molecule has 2 fully saturated rings. The molecular weight excluding hydrogens is 378 g/mol. The summed E-state index contributed by atoms with van der Waals surface area (Å²) in [6.45, 7) is 7.54. The Labute approximate surface area is 167 Å². The van der Waals surface area contributed by atoms with Crippen molar-refractivity contribution in [2.24, 2.45) is 0 Å². The van der Waals surface area contributed by atoms with Gasteiger partial charge in [0, 0.05) is 50.0 Å². The van der Waals surface area contributed by atoms with Gasteiger partial charge in [-0.1, -0.05) is 0 Å². The molecule has 154 valence electrons. The maximum Gasteiger partial charge on any atom is 0.237 e. The van der Waals surface area contributed by atoms with E-state index in [-0.39, 0.29) is 29.2 Å². The van der Waals surface area contributed by atoms with Crippen molar-refractivity contribution in [1.82, 2.24) is 9.80 Å². The zero-order valence-electron chi connectivity index (χ0n) is 16.6. The summed E-state index contributed by atoms with van der Waals surface area (Å²) >= 11 is 0. The number of sulfone groups is 1. The summed E-state index contributed by atoms with van der Waals surface area (Å²) in [5.41, 5.74) is 1.80. The van der Waals surface area contributed by atoms with Crippen LogP contribution in [0.5, 0.6) is 0 Å². The highest BCUT2D eigenvalue weighted by Crippen LogP contribution is 2.20. The number of benzene rings is 1. The van der Waals surface area contributed by atoms with Gasteiger partial charge in [0.2, 0.25) is 5.91 Å². The third-order valence-corrected chi connectivity index (χ3v) is 7.43. The van der Waals surface area contributed by atoms with Crippen LogP contribution in [-0.2, 0) is 14.6 Å². The molecule has 1 aromatic carbocycles. The van der Waals surface area contributed by atoms with Gasteiger partial charge in [-0.2, -0.15) is 0 Å². The van der Waals surface area contributed by atoms with E-state index in [4.69, 9.17) is 0 Å². The number of nitrogens with zero attached hydrogens (tertiary/aromatic N) is 3. The molecule has 0 unspecified atom stereocenters. The quantitative estimate of drug-likeness (QED) is 0.656. The lowest BCUT2D eigenvalue weighted by molar-refractivity contribution is -0.134. The monoisotopic (exact) mass is 407 g/mol. The van der Waals surface area contributed by atoms with Crippen LogP contribution in [0, 0.1) is 0 Å². The van der Waals surface area contributed by atoms with Gasteiger partial charge in [-0.05, 0) is 44.5 Å². The Balaban J connectivity index is 1.52. The molecule has 2 saturated heterocycles. The second kappa shape index (κ2) is 8.61. The van der Waals surface area contributed by atoms with Crippen LogP contribution in [0.2, 0.25) is 0 Å². The van der Waals surface area contributed by atoms with Gasteiger partial charge in [-0.25, -0.2) is 8.42 Å². The largest absolute Gasteiger partial charge is 0.369 e. The van der Waals surface area contributed by atoms with E-state index in [9.17, 15) is 18.0 Å². The van der Waals surface area contributed by atoms with Gasteiger partial charge in [0.15, 0.2) is 15.6 Å². The van der Waals surface area contributed by atoms with E-state index in [1.165, 1.54) is 0 Å². The van der Waals surface area contributed by atoms with Crippen LogP contribution < -0.4 is 4.90 Å². The molecule has 2 aliphatic heterocycles. The van der Waals surface area contributed by atoms with Crippen molar-refractivity contribution in [1.29, 1.82) is 0 Å². The first-order chi connectivity index (χ1) is 13.3. The van der Waals surface area contributed by atoms with Crippen LogP contribution in [0.25, 0.3) is 0 Å². The lowest BCUT2D eigenvalue weighted by Crippen LogP contribution is -2.51. The molecule has 0 spiro atoms. The Hall–Kier alpha value is -1.93. The summed E-state index contributed by atoms with van der Waals surface area (Å²) in [5, 5.41) is 0. The minimum atomic E-state index is -3.00. The zero-order valence-corrected chi connectivity index (χ0v) is 17.5. The second-order valence-electron chi connectivity index (χ2n) is 7.60. The number of piperazine rings is 1. The van der Waals surface area contributed by atoms with Crippen LogP contribution in [0.15, 0.2) is 24.3 Å². The lowest BCUT2D eigenvalue weighted by Gasteiger charge is -2.37. The predicted molar refractivity (Wildman–Crippen MR) is 110 cm³/mol. The van der Waals surface area contributed by atoms with E-state index < -0.39 is 9.84 Å². The number of anilines is 1. The molecule has 1 aromatic rings. The predicted octanol–water partition coefficient (Wildman–Crippen LogP) is 1.05. The molecule has 28 heavy (non-hydrogen) atoms. The number of hydrogen-bond donors (Lipinski definition) is 0. The third-order valence-electron chi connectivity index (χ3n) is 5.68. The molecule has 0 aromatic heterocycles. The molecule has 0 N–H and O–H groups in total. The third kappa shape index (κ3) is 4.91. The average molecular weight is 408 g/mol.